The van der Waals surface area contributed by atoms with Crippen LogP contribution in [0.2, 0.25) is 18.1 Å². The van der Waals surface area contributed by atoms with Gasteiger partial charge >= 0.3 is 5.97 Å². The van der Waals surface area contributed by atoms with E-state index >= 15 is 0 Å². The van der Waals surface area contributed by atoms with E-state index < -0.39 is 57.7 Å². The Kier molecular flexibility index (Phi) is 8.78. The van der Waals surface area contributed by atoms with Crippen LogP contribution in [0.4, 0.5) is 0 Å². The second-order valence-electron chi connectivity index (χ2n) is 8.46. The first-order valence-electron chi connectivity index (χ1n) is 9.13. The molecule has 0 aromatic carbocycles. The van der Waals surface area contributed by atoms with Crippen LogP contribution in [-0.2, 0) is 23.4 Å². The molecule has 0 aromatic heterocycles. The number of methoxy groups -OCH3 is 1. The second-order valence-corrected chi connectivity index (χ2v) is 13.3. The molecule has 1 aliphatic heterocycles. The van der Waals surface area contributed by atoms with Crippen molar-refractivity contribution in [3.05, 3.63) is 12.2 Å². The molecular formula is C18H34O9Si. The van der Waals surface area contributed by atoms with Crippen molar-refractivity contribution < 1.29 is 43.9 Å². The normalized spacial score (nSPS) is 30.0. The molecule has 0 aromatic rings. The van der Waals surface area contributed by atoms with Crippen molar-refractivity contribution in [2.75, 3.05) is 20.3 Å². The first-order valence-corrected chi connectivity index (χ1v) is 12.0. The van der Waals surface area contributed by atoms with Crippen LogP contribution in [0.15, 0.2) is 12.2 Å². The molecule has 6 atom stereocenters. The Morgan fingerprint density at radius 2 is 1.75 bits per heavy atom. The number of ether oxygens (including phenoxy) is 3. The molecule has 9 nitrogen and oxygen atoms in total. The Bertz CT molecular complexity index is 544. The Morgan fingerprint density at radius 1 is 1.18 bits per heavy atom. The zero-order valence-electron chi connectivity index (χ0n) is 17.4. The van der Waals surface area contributed by atoms with Crippen LogP contribution in [0.3, 0.4) is 0 Å². The van der Waals surface area contributed by atoms with E-state index in [0.29, 0.717) is 0 Å². The Balaban J connectivity index is 2.57. The van der Waals surface area contributed by atoms with Gasteiger partial charge in [0.1, 0.15) is 37.1 Å². The van der Waals surface area contributed by atoms with Crippen LogP contribution in [0.1, 0.15) is 20.8 Å². The molecule has 1 saturated heterocycles. The summed E-state index contributed by atoms with van der Waals surface area (Å²) in [5.74, 6) is -0.878. The fourth-order valence-electron chi connectivity index (χ4n) is 2.24. The predicted molar refractivity (Wildman–Crippen MR) is 103 cm³/mol. The lowest BCUT2D eigenvalue weighted by Gasteiger charge is -2.39. The summed E-state index contributed by atoms with van der Waals surface area (Å²) < 4.78 is 21.1. The highest BCUT2D eigenvalue weighted by atomic mass is 28.4. The summed E-state index contributed by atoms with van der Waals surface area (Å²) in [7, 11) is -0.835. The van der Waals surface area contributed by atoms with Gasteiger partial charge in [-0.15, -0.1) is 0 Å². The molecule has 0 aliphatic carbocycles. The average molecular weight is 423 g/mol. The van der Waals surface area contributed by atoms with Gasteiger partial charge in [-0.25, -0.2) is 4.79 Å². The van der Waals surface area contributed by atoms with Gasteiger partial charge in [-0.2, -0.15) is 0 Å². The third kappa shape index (κ3) is 6.07. The molecule has 0 amide bonds. The van der Waals surface area contributed by atoms with Gasteiger partial charge in [0.05, 0.1) is 12.2 Å². The third-order valence-corrected chi connectivity index (χ3v) is 9.85. The van der Waals surface area contributed by atoms with Gasteiger partial charge in [0.25, 0.3) is 0 Å². The summed E-state index contributed by atoms with van der Waals surface area (Å²) in [5.41, 5.74) is -0.187. The van der Waals surface area contributed by atoms with Crippen molar-refractivity contribution in [3.63, 3.8) is 0 Å². The highest BCUT2D eigenvalue weighted by Gasteiger charge is 2.44. The molecule has 0 saturated carbocycles. The maximum Gasteiger partial charge on any atom is 0.336 e. The summed E-state index contributed by atoms with van der Waals surface area (Å²) in [6.45, 7) is 13.3. The van der Waals surface area contributed by atoms with E-state index in [1.54, 1.807) is 0 Å². The standard InChI is InChI=1S/C18H34O9Si/c1-10(11(19)8-26-28(6,7)18(2,3)4)16(23)25-9-12-13(20)14(21)15(22)17(24-5)27-12/h11-15,17,19-22H,1,8-9H2,2-7H3/t11-,12+,13+,14-,15+,17+/m0/s1. The molecule has 4 N–H and O–H groups in total. The molecule has 164 valence electrons. The molecule has 0 spiro atoms. The van der Waals surface area contributed by atoms with Crippen molar-refractivity contribution in [1.29, 1.82) is 0 Å². The van der Waals surface area contributed by atoms with Gasteiger partial charge in [0, 0.05) is 7.11 Å². The minimum atomic E-state index is -2.10. The van der Waals surface area contributed by atoms with Crippen molar-refractivity contribution >= 4 is 14.3 Å². The second kappa shape index (κ2) is 9.77. The molecular weight excluding hydrogens is 388 g/mol. The minimum absolute atomic E-state index is 0.0493. The molecule has 1 aliphatic rings. The SMILES string of the molecule is C=C(C(=O)OC[C@H]1O[C@@H](OC)[C@H](O)[C@@H](O)[C@@H]1O)[C@@H](O)CO[Si](C)(C)C(C)(C)C. The maximum atomic E-state index is 12.1. The van der Waals surface area contributed by atoms with Crippen LogP contribution >= 0.6 is 0 Å². The molecule has 1 heterocycles. The lowest BCUT2D eigenvalue weighted by atomic mass is 9.99. The fourth-order valence-corrected chi connectivity index (χ4v) is 3.25. The van der Waals surface area contributed by atoms with E-state index in [1.165, 1.54) is 7.11 Å². The summed E-state index contributed by atoms with van der Waals surface area (Å²) in [6, 6.07) is 0. The molecule has 10 heteroatoms. The van der Waals surface area contributed by atoms with Crippen LogP contribution in [-0.4, -0.2) is 91.8 Å². The molecule has 1 fully saturated rings. The van der Waals surface area contributed by atoms with Crippen LogP contribution < -0.4 is 0 Å². The number of aliphatic hydroxyl groups is 4. The van der Waals surface area contributed by atoms with Gasteiger partial charge in [0.15, 0.2) is 14.6 Å². The van der Waals surface area contributed by atoms with Crippen molar-refractivity contribution in [1.82, 2.24) is 0 Å². The summed E-state index contributed by atoms with van der Waals surface area (Å²) in [4.78, 5) is 12.1. The lowest BCUT2D eigenvalue weighted by molar-refractivity contribution is -0.295. The van der Waals surface area contributed by atoms with Gasteiger partial charge < -0.3 is 39.1 Å². The van der Waals surface area contributed by atoms with Gasteiger partial charge in [0.2, 0.25) is 0 Å². The van der Waals surface area contributed by atoms with E-state index in [-0.39, 0.29) is 17.2 Å². The smallest absolute Gasteiger partial charge is 0.336 e. The first-order chi connectivity index (χ1) is 12.7. The third-order valence-electron chi connectivity index (χ3n) is 5.35. The Morgan fingerprint density at radius 3 is 2.25 bits per heavy atom. The van der Waals surface area contributed by atoms with Crippen molar-refractivity contribution in [2.24, 2.45) is 0 Å². The van der Waals surface area contributed by atoms with E-state index in [2.05, 4.69) is 27.4 Å². The molecule has 0 unspecified atom stereocenters. The lowest BCUT2D eigenvalue weighted by Crippen LogP contribution is -2.59. The Hall–Kier alpha value is -0.853. The minimum Gasteiger partial charge on any atom is -0.459 e. The highest BCUT2D eigenvalue weighted by molar-refractivity contribution is 6.74. The van der Waals surface area contributed by atoms with E-state index in [1.807, 2.05) is 13.1 Å². The number of hydrogen-bond donors (Lipinski definition) is 4. The molecule has 0 radical (unpaired) electrons. The monoisotopic (exact) mass is 422 g/mol. The fraction of sp³-hybridized carbons (Fsp3) is 0.833. The van der Waals surface area contributed by atoms with E-state index in [4.69, 9.17) is 18.6 Å². The zero-order chi connectivity index (χ0) is 21.9. The van der Waals surface area contributed by atoms with Crippen LogP contribution in [0.25, 0.3) is 0 Å². The van der Waals surface area contributed by atoms with Gasteiger partial charge in [-0.1, -0.05) is 27.4 Å². The molecule has 0 bridgehead atoms. The van der Waals surface area contributed by atoms with Crippen molar-refractivity contribution in [2.45, 2.75) is 75.7 Å². The summed E-state index contributed by atoms with van der Waals surface area (Å²) in [6.07, 6.45) is -7.95. The van der Waals surface area contributed by atoms with E-state index in [9.17, 15) is 25.2 Å². The quantitative estimate of drug-likeness (QED) is 0.241. The average Bonchev–Trinajstić information content (AvgIpc) is 2.61. The molecule has 28 heavy (non-hydrogen) atoms. The first kappa shape index (κ1) is 25.2. The maximum absolute atomic E-state index is 12.1. The number of esters is 1. The number of aliphatic hydroxyl groups excluding tert-OH is 4. The van der Waals surface area contributed by atoms with Crippen LogP contribution in [0.5, 0.6) is 0 Å². The zero-order valence-corrected chi connectivity index (χ0v) is 18.4. The molecule has 1 rings (SSSR count). The number of rotatable bonds is 8. The number of carbonyl (C=O) groups excluding carboxylic acids is 1. The largest absolute Gasteiger partial charge is 0.459 e. The van der Waals surface area contributed by atoms with Crippen LogP contribution in [0, 0.1) is 0 Å². The van der Waals surface area contributed by atoms with Gasteiger partial charge in [-0.05, 0) is 18.1 Å². The van der Waals surface area contributed by atoms with Gasteiger partial charge in [-0.3, -0.25) is 0 Å². The number of hydrogen-bond acceptors (Lipinski definition) is 9. The predicted octanol–water partition coefficient (Wildman–Crippen LogP) is -0.0775. The summed E-state index contributed by atoms with van der Waals surface area (Å²) >= 11 is 0. The Labute approximate surface area is 167 Å². The van der Waals surface area contributed by atoms with Crippen molar-refractivity contribution in [3.8, 4) is 0 Å². The van der Waals surface area contributed by atoms with E-state index in [0.717, 1.165) is 0 Å². The summed E-state index contributed by atoms with van der Waals surface area (Å²) in [5, 5.41) is 39.6. The highest BCUT2D eigenvalue weighted by Crippen LogP contribution is 2.36. The number of carbonyl (C=O) groups is 1. The topological polar surface area (TPSA) is 135 Å².